The molecule has 17 heavy (non-hydrogen) atoms. The van der Waals surface area contributed by atoms with E-state index in [1.807, 2.05) is 53.1 Å². The van der Waals surface area contributed by atoms with Crippen molar-refractivity contribution >= 4 is 27.1 Å². The lowest BCUT2D eigenvalue weighted by Gasteiger charge is -2.01. The van der Waals surface area contributed by atoms with Crippen molar-refractivity contribution in [2.75, 3.05) is 5.73 Å². The van der Waals surface area contributed by atoms with E-state index < -0.39 is 0 Å². The highest BCUT2D eigenvalue weighted by Crippen LogP contribution is 2.26. The summed E-state index contributed by atoms with van der Waals surface area (Å²) in [6.45, 7) is 0. The van der Waals surface area contributed by atoms with Crippen LogP contribution in [0.15, 0.2) is 53.3 Å². The third-order valence-corrected chi connectivity index (χ3v) is 3.23. The molecule has 0 radical (unpaired) electrons. The fourth-order valence-electron chi connectivity index (χ4n) is 1.86. The van der Waals surface area contributed by atoms with Gasteiger partial charge in [-0.15, -0.1) is 0 Å². The summed E-state index contributed by atoms with van der Waals surface area (Å²) in [5, 5.41) is 0. The second-order valence-corrected chi connectivity index (χ2v) is 4.56. The molecule has 2 heterocycles. The summed E-state index contributed by atoms with van der Waals surface area (Å²) in [4.78, 5) is 4.53. The van der Waals surface area contributed by atoms with Crippen LogP contribution in [0.4, 0.5) is 5.69 Å². The van der Waals surface area contributed by atoms with E-state index in [0.29, 0.717) is 0 Å². The van der Waals surface area contributed by atoms with Crippen LogP contribution in [0.1, 0.15) is 0 Å². The Morgan fingerprint density at radius 1 is 1.06 bits per heavy atom. The molecule has 0 aliphatic rings. The minimum atomic E-state index is 0.722. The van der Waals surface area contributed by atoms with Gasteiger partial charge in [-0.05, 0) is 28.1 Å². The van der Waals surface area contributed by atoms with Crippen molar-refractivity contribution in [3.8, 4) is 11.4 Å². The number of imidazole rings is 1. The number of nitrogens with zero attached hydrogens (tertiary/aromatic N) is 2. The van der Waals surface area contributed by atoms with Gasteiger partial charge in [-0.1, -0.05) is 30.3 Å². The van der Waals surface area contributed by atoms with Gasteiger partial charge < -0.3 is 5.73 Å². The average molecular weight is 288 g/mol. The Bertz CT molecular complexity index is 674. The number of nitrogen functional groups attached to an aromatic ring is 1. The molecule has 0 saturated heterocycles. The molecule has 4 heteroatoms. The molecule has 0 fully saturated rings. The quantitative estimate of drug-likeness (QED) is 0.746. The van der Waals surface area contributed by atoms with Crippen molar-refractivity contribution in [3.05, 3.63) is 53.3 Å². The Labute approximate surface area is 107 Å². The Morgan fingerprint density at radius 2 is 1.82 bits per heavy atom. The van der Waals surface area contributed by atoms with Crippen molar-refractivity contribution in [2.24, 2.45) is 0 Å². The zero-order valence-corrected chi connectivity index (χ0v) is 10.6. The summed E-state index contributed by atoms with van der Waals surface area (Å²) in [7, 11) is 0. The van der Waals surface area contributed by atoms with Crippen LogP contribution >= 0.6 is 15.9 Å². The third kappa shape index (κ3) is 1.70. The maximum atomic E-state index is 5.82. The molecule has 2 N–H and O–H groups in total. The smallest absolute Gasteiger partial charge is 0.145 e. The van der Waals surface area contributed by atoms with Gasteiger partial charge in [0.05, 0.1) is 5.52 Å². The van der Waals surface area contributed by atoms with Crippen LogP contribution < -0.4 is 5.73 Å². The number of aromatic nitrogens is 2. The van der Waals surface area contributed by atoms with E-state index in [0.717, 1.165) is 27.2 Å². The minimum absolute atomic E-state index is 0.722. The van der Waals surface area contributed by atoms with Crippen molar-refractivity contribution in [1.82, 2.24) is 9.38 Å². The summed E-state index contributed by atoms with van der Waals surface area (Å²) in [6.07, 6.45) is 1.88. The number of halogens is 1. The average Bonchev–Trinajstić information content (AvgIpc) is 2.67. The lowest BCUT2D eigenvalue weighted by atomic mass is 10.2. The van der Waals surface area contributed by atoms with E-state index in [-0.39, 0.29) is 0 Å². The number of nitrogens with two attached hydrogens (primary N) is 1. The molecule has 3 nitrogen and oxygen atoms in total. The molecule has 1 aromatic carbocycles. The van der Waals surface area contributed by atoms with Gasteiger partial charge in [0, 0.05) is 17.4 Å². The number of rotatable bonds is 1. The van der Waals surface area contributed by atoms with Crippen molar-refractivity contribution in [2.45, 2.75) is 0 Å². The number of anilines is 1. The second kappa shape index (κ2) is 3.89. The first kappa shape index (κ1) is 10.4. The van der Waals surface area contributed by atoms with Gasteiger partial charge in [0.1, 0.15) is 10.4 Å². The molecule has 3 rings (SSSR count). The molecule has 2 aromatic heterocycles. The molecule has 84 valence electrons. The molecular weight excluding hydrogens is 278 g/mol. The van der Waals surface area contributed by atoms with Gasteiger partial charge >= 0.3 is 0 Å². The van der Waals surface area contributed by atoms with Gasteiger partial charge in [0.2, 0.25) is 0 Å². The number of benzene rings is 1. The van der Waals surface area contributed by atoms with Crippen LogP contribution in [-0.2, 0) is 0 Å². The van der Waals surface area contributed by atoms with Gasteiger partial charge in [-0.3, -0.25) is 4.40 Å². The lowest BCUT2D eigenvalue weighted by molar-refractivity contribution is 1.16. The minimum Gasteiger partial charge on any atom is -0.398 e. The highest BCUT2D eigenvalue weighted by atomic mass is 79.9. The standard InChI is InChI=1S/C13H10BrN3/c14-12-11-7-6-10(15)8-17(11)13(16-12)9-4-2-1-3-5-9/h1-8H,15H2. The maximum absolute atomic E-state index is 5.82. The second-order valence-electron chi connectivity index (χ2n) is 3.81. The van der Waals surface area contributed by atoms with Crippen LogP contribution in [-0.4, -0.2) is 9.38 Å². The van der Waals surface area contributed by atoms with Gasteiger partial charge in [-0.2, -0.15) is 0 Å². The van der Waals surface area contributed by atoms with Gasteiger partial charge in [-0.25, -0.2) is 4.98 Å². The first-order valence-electron chi connectivity index (χ1n) is 5.24. The summed E-state index contributed by atoms with van der Waals surface area (Å²) in [5.74, 6) is 0.889. The highest BCUT2D eigenvalue weighted by Gasteiger charge is 2.10. The SMILES string of the molecule is Nc1ccc2c(Br)nc(-c3ccccc3)n2c1. The number of hydrogen-bond donors (Lipinski definition) is 1. The molecule has 0 spiro atoms. The first-order valence-corrected chi connectivity index (χ1v) is 6.03. The lowest BCUT2D eigenvalue weighted by Crippen LogP contribution is -1.92. The molecule has 0 aliphatic heterocycles. The van der Waals surface area contributed by atoms with Gasteiger partial charge in [0.25, 0.3) is 0 Å². The van der Waals surface area contributed by atoms with Crippen LogP contribution in [0.5, 0.6) is 0 Å². The van der Waals surface area contributed by atoms with E-state index >= 15 is 0 Å². The van der Waals surface area contributed by atoms with Crippen LogP contribution in [0.2, 0.25) is 0 Å². The molecular formula is C13H10BrN3. The first-order chi connectivity index (χ1) is 8.25. The Balaban J connectivity index is 2.34. The van der Waals surface area contributed by atoms with Crippen LogP contribution in [0.25, 0.3) is 16.9 Å². The van der Waals surface area contributed by atoms with E-state index in [1.165, 1.54) is 0 Å². The van der Waals surface area contributed by atoms with E-state index in [2.05, 4.69) is 20.9 Å². The number of hydrogen-bond acceptors (Lipinski definition) is 2. The Kier molecular flexibility index (Phi) is 2.37. The topological polar surface area (TPSA) is 43.3 Å². The van der Waals surface area contributed by atoms with Crippen molar-refractivity contribution < 1.29 is 0 Å². The fourth-order valence-corrected chi connectivity index (χ4v) is 2.35. The van der Waals surface area contributed by atoms with E-state index in [4.69, 9.17) is 5.73 Å². The zero-order valence-electron chi connectivity index (χ0n) is 8.97. The summed E-state index contributed by atoms with van der Waals surface area (Å²) >= 11 is 3.47. The number of fused-ring (bicyclic) bond motifs is 1. The van der Waals surface area contributed by atoms with E-state index in [1.54, 1.807) is 0 Å². The monoisotopic (exact) mass is 287 g/mol. The predicted octanol–water partition coefficient (Wildman–Crippen LogP) is 3.35. The molecule has 0 amide bonds. The summed E-state index contributed by atoms with van der Waals surface area (Å²) in [5.41, 5.74) is 8.62. The summed E-state index contributed by atoms with van der Waals surface area (Å²) < 4.78 is 2.82. The third-order valence-electron chi connectivity index (χ3n) is 2.65. The van der Waals surface area contributed by atoms with Gasteiger partial charge in [0.15, 0.2) is 0 Å². The molecule has 3 aromatic rings. The van der Waals surface area contributed by atoms with Crippen LogP contribution in [0.3, 0.4) is 0 Å². The molecule has 0 aliphatic carbocycles. The zero-order chi connectivity index (χ0) is 11.8. The Morgan fingerprint density at radius 3 is 2.59 bits per heavy atom. The summed E-state index contributed by atoms with van der Waals surface area (Å²) in [6, 6.07) is 13.9. The predicted molar refractivity (Wildman–Crippen MR) is 72.7 cm³/mol. The highest BCUT2D eigenvalue weighted by molar-refractivity contribution is 9.10. The van der Waals surface area contributed by atoms with Crippen molar-refractivity contribution in [3.63, 3.8) is 0 Å². The molecule has 0 unspecified atom stereocenters. The molecule has 0 atom stereocenters. The number of pyridine rings is 1. The van der Waals surface area contributed by atoms with E-state index in [9.17, 15) is 0 Å². The Hall–Kier alpha value is -1.81. The maximum Gasteiger partial charge on any atom is 0.145 e. The largest absolute Gasteiger partial charge is 0.398 e. The van der Waals surface area contributed by atoms with Crippen LogP contribution in [0, 0.1) is 0 Å². The fraction of sp³-hybridized carbons (Fsp3) is 0. The molecule has 0 saturated carbocycles. The molecule has 0 bridgehead atoms. The normalized spacial score (nSPS) is 10.9. The van der Waals surface area contributed by atoms with Crippen molar-refractivity contribution in [1.29, 1.82) is 0 Å².